The van der Waals surface area contributed by atoms with E-state index in [2.05, 4.69) is 24.1 Å². The maximum atomic E-state index is 5.97. The fourth-order valence-electron chi connectivity index (χ4n) is 2.77. The molecule has 2 heterocycles. The largest absolute Gasteiger partial charge is 0.368 e. The number of rotatable bonds is 7. The minimum atomic E-state index is 0.175. The summed E-state index contributed by atoms with van der Waals surface area (Å²) in [5.74, 6) is 0. The molecule has 1 unspecified atom stereocenters. The molecule has 1 atom stereocenters. The maximum absolute atomic E-state index is 5.97. The zero-order valence-corrected chi connectivity index (χ0v) is 14.0. The third-order valence-corrected chi connectivity index (χ3v) is 5.47. The van der Waals surface area contributed by atoms with Crippen LogP contribution in [0.2, 0.25) is 0 Å². The molecule has 1 saturated heterocycles. The predicted octanol–water partition coefficient (Wildman–Crippen LogP) is 2.74. The highest BCUT2D eigenvalue weighted by atomic mass is 32.1. The van der Waals surface area contributed by atoms with Crippen molar-refractivity contribution in [3.63, 3.8) is 0 Å². The molecular weight excluding hydrogens is 282 g/mol. The van der Waals surface area contributed by atoms with Gasteiger partial charge in [0.05, 0.1) is 12.3 Å². The molecule has 2 fully saturated rings. The number of likely N-dealkylation sites (N-methyl/N-ethyl adjacent to an activating group) is 1. The molecule has 21 heavy (non-hydrogen) atoms. The van der Waals surface area contributed by atoms with Crippen molar-refractivity contribution < 1.29 is 4.74 Å². The molecule has 3 rings (SSSR count). The summed E-state index contributed by atoms with van der Waals surface area (Å²) in [5, 5.41) is 4.81. The van der Waals surface area contributed by atoms with Gasteiger partial charge < -0.3 is 10.1 Å². The van der Waals surface area contributed by atoms with Gasteiger partial charge in [-0.2, -0.15) is 0 Å². The van der Waals surface area contributed by atoms with E-state index in [4.69, 9.17) is 9.72 Å². The van der Waals surface area contributed by atoms with Crippen LogP contribution in [0, 0.1) is 0 Å². The third kappa shape index (κ3) is 4.03. The van der Waals surface area contributed by atoms with Crippen molar-refractivity contribution in [2.45, 2.75) is 58.2 Å². The van der Waals surface area contributed by atoms with Crippen LogP contribution in [0.3, 0.4) is 0 Å². The average molecular weight is 309 g/mol. The number of aryl methyl sites for hydroxylation is 1. The fraction of sp³-hybridized carbons (Fsp3) is 0.812. The molecule has 0 bridgehead atoms. The highest BCUT2D eigenvalue weighted by Crippen LogP contribution is 2.30. The molecular formula is C16H27N3OS. The van der Waals surface area contributed by atoms with E-state index >= 15 is 0 Å². The lowest BCUT2D eigenvalue weighted by molar-refractivity contribution is -0.0283. The van der Waals surface area contributed by atoms with Gasteiger partial charge >= 0.3 is 0 Å². The molecule has 1 aromatic rings. The van der Waals surface area contributed by atoms with Crippen LogP contribution in [0.5, 0.6) is 0 Å². The molecule has 1 N–H and O–H groups in total. The Balaban J connectivity index is 1.69. The molecule has 5 heteroatoms. The van der Waals surface area contributed by atoms with E-state index in [1.165, 1.54) is 28.4 Å². The van der Waals surface area contributed by atoms with Crippen LogP contribution in [0.1, 0.15) is 54.8 Å². The normalized spacial score (nSPS) is 23.6. The van der Waals surface area contributed by atoms with E-state index in [-0.39, 0.29) is 6.10 Å². The second kappa shape index (κ2) is 7.18. The third-order valence-electron chi connectivity index (χ3n) is 4.28. The van der Waals surface area contributed by atoms with Crippen LogP contribution in [-0.4, -0.2) is 42.2 Å². The number of morpholine rings is 1. The summed E-state index contributed by atoms with van der Waals surface area (Å²) in [5.41, 5.74) is 1.29. The summed E-state index contributed by atoms with van der Waals surface area (Å²) in [6, 6.07) is 0.756. The van der Waals surface area contributed by atoms with E-state index in [1.807, 2.05) is 11.3 Å². The molecule has 1 aliphatic carbocycles. The summed E-state index contributed by atoms with van der Waals surface area (Å²) < 4.78 is 5.97. The summed E-state index contributed by atoms with van der Waals surface area (Å²) in [7, 11) is 0. The fourth-order valence-corrected chi connectivity index (χ4v) is 3.88. The highest BCUT2D eigenvalue weighted by Gasteiger charge is 2.26. The number of nitrogens with one attached hydrogen (secondary N) is 1. The summed E-state index contributed by atoms with van der Waals surface area (Å²) in [6.45, 7) is 9.41. The number of nitrogens with zero attached hydrogens (tertiary/aromatic N) is 2. The average Bonchev–Trinajstić information content (AvgIpc) is 3.26. The van der Waals surface area contributed by atoms with Gasteiger partial charge in [-0.05, 0) is 25.8 Å². The molecule has 0 amide bonds. The Hall–Kier alpha value is -0.490. The van der Waals surface area contributed by atoms with Gasteiger partial charge in [-0.1, -0.05) is 20.3 Å². The first-order chi connectivity index (χ1) is 10.3. The summed E-state index contributed by atoms with van der Waals surface area (Å²) >= 11 is 1.86. The zero-order valence-electron chi connectivity index (χ0n) is 13.2. The van der Waals surface area contributed by atoms with Crippen LogP contribution >= 0.6 is 11.3 Å². The van der Waals surface area contributed by atoms with Crippen molar-refractivity contribution in [2.24, 2.45) is 0 Å². The first-order valence-corrected chi connectivity index (χ1v) is 9.17. The number of hydrogen-bond acceptors (Lipinski definition) is 5. The Morgan fingerprint density at radius 2 is 2.24 bits per heavy atom. The van der Waals surface area contributed by atoms with Gasteiger partial charge in [0.1, 0.15) is 11.1 Å². The Bertz CT molecular complexity index is 458. The first kappa shape index (κ1) is 15.4. The molecule has 1 aromatic heterocycles. The standard InChI is InChI=1S/C16H27N3OS/c1-3-5-13-15(10-17-12-6-7-12)21-16(18-13)14-11-19(4-2)8-9-20-14/h12,14,17H,3-11H2,1-2H3. The van der Waals surface area contributed by atoms with Crippen LogP contribution in [0.4, 0.5) is 0 Å². The lowest BCUT2D eigenvalue weighted by atomic mass is 10.2. The number of ether oxygens (including phenoxy) is 1. The van der Waals surface area contributed by atoms with Gasteiger partial charge in [-0.25, -0.2) is 4.98 Å². The van der Waals surface area contributed by atoms with Gasteiger partial charge in [0.2, 0.25) is 0 Å². The topological polar surface area (TPSA) is 37.4 Å². The van der Waals surface area contributed by atoms with Crippen LogP contribution < -0.4 is 5.32 Å². The van der Waals surface area contributed by atoms with Crippen molar-refractivity contribution in [1.82, 2.24) is 15.2 Å². The number of thiazole rings is 1. The Morgan fingerprint density at radius 3 is 2.95 bits per heavy atom. The lowest BCUT2D eigenvalue weighted by Gasteiger charge is -2.30. The van der Waals surface area contributed by atoms with Crippen molar-refractivity contribution in [2.75, 3.05) is 26.2 Å². The van der Waals surface area contributed by atoms with Gasteiger partial charge in [0, 0.05) is 30.6 Å². The predicted molar refractivity (Wildman–Crippen MR) is 86.8 cm³/mol. The number of hydrogen-bond donors (Lipinski definition) is 1. The van der Waals surface area contributed by atoms with E-state index in [0.717, 1.165) is 51.7 Å². The maximum Gasteiger partial charge on any atom is 0.123 e. The second-order valence-electron chi connectivity index (χ2n) is 6.08. The molecule has 0 spiro atoms. The van der Waals surface area contributed by atoms with Crippen molar-refractivity contribution >= 4 is 11.3 Å². The van der Waals surface area contributed by atoms with Gasteiger partial charge in [-0.15, -0.1) is 11.3 Å². The monoisotopic (exact) mass is 309 g/mol. The molecule has 1 aliphatic heterocycles. The Morgan fingerprint density at radius 1 is 1.38 bits per heavy atom. The molecule has 0 radical (unpaired) electrons. The summed E-state index contributed by atoms with van der Waals surface area (Å²) in [6.07, 6.45) is 5.10. The molecule has 2 aliphatic rings. The van der Waals surface area contributed by atoms with Crippen LogP contribution in [-0.2, 0) is 17.7 Å². The smallest absolute Gasteiger partial charge is 0.123 e. The Labute approximate surface area is 131 Å². The van der Waals surface area contributed by atoms with Crippen LogP contribution in [0.15, 0.2) is 0 Å². The number of aromatic nitrogens is 1. The molecule has 118 valence electrons. The van der Waals surface area contributed by atoms with Crippen molar-refractivity contribution in [3.05, 3.63) is 15.6 Å². The van der Waals surface area contributed by atoms with E-state index in [0.29, 0.717) is 0 Å². The highest BCUT2D eigenvalue weighted by molar-refractivity contribution is 7.11. The van der Waals surface area contributed by atoms with Crippen molar-refractivity contribution in [3.8, 4) is 0 Å². The lowest BCUT2D eigenvalue weighted by Crippen LogP contribution is -2.38. The van der Waals surface area contributed by atoms with E-state index < -0.39 is 0 Å². The van der Waals surface area contributed by atoms with Gasteiger partial charge in [0.15, 0.2) is 0 Å². The van der Waals surface area contributed by atoms with E-state index in [1.54, 1.807) is 0 Å². The quantitative estimate of drug-likeness (QED) is 0.840. The van der Waals surface area contributed by atoms with Gasteiger partial charge in [-0.3, -0.25) is 4.90 Å². The van der Waals surface area contributed by atoms with E-state index in [9.17, 15) is 0 Å². The summed E-state index contributed by atoms with van der Waals surface area (Å²) in [4.78, 5) is 8.80. The minimum Gasteiger partial charge on any atom is -0.368 e. The van der Waals surface area contributed by atoms with Crippen molar-refractivity contribution in [1.29, 1.82) is 0 Å². The molecule has 1 saturated carbocycles. The SMILES string of the molecule is CCCc1nc(C2CN(CC)CCO2)sc1CNC1CC1. The van der Waals surface area contributed by atoms with Gasteiger partial charge in [0.25, 0.3) is 0 Å². The first-order valence-electron chi connectivity index (χ1n) is 8.36. The second-order valence-corrected chi connectivity index (χ2v) is 7.20. The molecule has 0 aromatic carbocycles. The van der Waals surface area contributed by atoms with Crippen LogP contribution in [0.25, 0.3) is 0 Å². The Kier molecular flexibility index (Phi) is 5.27. The molecule has 4 nitrogen and oxygen atoms in total. The minimum absolute atomic E-state index is 0.175. The zero-order chi connectivity index (χ0) is 14.7.